The highest BCUT2D eigenvalue weighted by atomic mass is 35.5. The van der Waals surface area contributed by atoms with Crippen LogP contribution in [-0.2, 0) is 6.61 Å². The third-order valence-electron chi connectivity index (χ3n) is 3.78. The zero-order valence-electron chi connectivity index (χ0n) is 12.9. The number of piperidine rings is 1. The van der Waals surface area contributed by atoms with E-state index in [4.69, 9.17) is 9.15 Å². The van der Waals surface area contributed by atoms with Crippen molar-refractivity contribution in [2.75, 3.05) is 18.4 Å². The number of aromatic amines is 1. The lowest BCUT2D eigenvalue weighted by atomic mass is 10.1. The second-order valence-corrected chi connectivity index (χ2v) is 5.43. The van der Waals surface area contributed by atoms with Crippen LogP contribution in [0, 0.1) is 0 Å². The molecule has 3 heterocycles. The van der Waals surface area contributed by atoms with E-state index in [0.29, 0.717) is 23.6 Å². The van der Waals surface area contributed by atoms with E-state index < -0.39 is 0 Å². The second-order valence-electron chi connectivity index (χ2n) is 5.43. The maximum Gasteiger partial charge on any atom is 0.295 e. The fourth-order valence-electron chi connectivity index (χ4n) is 2.59. The van der Waals surface area contributed by atoms with Gasteiger partial charge in [-0.15, -0.1) is 22.6 Å². The van der Waals surface area contributed by atoms with Gasteiger partial charge in [0.15, 0.2) is 12.2 Å². The number of hydrogen-bond donors (Lipinski definition) is 3. The molecule has 24 heavy (non-hydrogen) atoms. The summed E-state index contributed by atoms with van der Waals surface area (Å²) in [5.41, 5.74) is 1.49. The number of anilines is 1. The first-order valence-corrected chi connectivity index (χ1v) is 7.60. The van der Waals surface area contributed by atoms with Crippen LogP contribution >= 0.6 is 12.4 Å². The molecule has 3 N–H and O–H groups in total. The zero-order valence-corrected chi connectivity index (χ0v) is 13.7. The van der Waals surface area contributed by atoms with Crippen molar-refractivity contribution < 1.29 is 9.15 Å². The summed E-state index contributed by atoms with van der Waals surface area (Å²) >= 11 is 0. The predicted octanol–water partition coefficient (Wildman–Crippen LogP) is 1.51. The fourth-order valence-corrected chi connectivity index (χ4v) is 2.59. The smallest absolute Gasteiger partial charge is 0.295 e. The number of oxazole rings is 1. The molecule has 2 aromatic heterocycles. The first kappa shape index (κ1) is 16.5. The number of nitrogens with one attached hydrogen (secondary N) is 3. The SMILES string of the molecule is Cl.c1cc2oc(NC3CCNCC3)nc2cc1OCc1nn[nH]n1. The summed E-state index contributed by atoms with van der Waals surface area (Å²) in [5.74, 6) is 1.18. The van der Waals surface area contributed by atoms with Crippen LogP contribution in [0.1, 0.15) is 18.7 Å². The van der Waals surface area contributed by atoms with E-state index in [0.717, 1.165) is 37.0 Å². The highest BCUT2D eigenvalue weighted by molar-refractivity contribution is 5.85. The van der Waals surface area contributed by atoms with Gasteiger partial charge < -0.3 is 19.8 Å². The van der Waals surface area contributed by atoms with Crippen LogP contribution in [0.4, 0.5) is 6.01 Å². The third kappa shape index (κ3) is 3.74. The summed E-state index contributed by atoms with van der Waals surface area (Å²) in [4.78, 5) is 4.48. The number of nitrogens with zero attached hydrogens (tertiary/aromatic N) is 4. The van der Waals surface area contributed by atoms with Crippen LogP contribution in [-0.4, -0.2) is 44.7 Å². The lowest BCUT2D eigenvalue weighted by molar-refractivity contribution is 0.296. The molecule has 9 nitrogen and oxygen atoms in total. The number of ether oxygens (including phenoxy) is 1. The summed E-state index contributed by atoms with van der Waals surface area (Å²) in [7, 11) is 0. The minimum atomic E-state index is 0. The molecule has 1 saturated heterocycles. The number of tetrazole rings is 1. The number of aromatic nitrogens is 5. The first-order chi connectivity index (χ1) is 11.4. The van der Waals surface area contributed by atoms with Crippen LogP contribution in [0.2, 0.25) is 0 Å². The maximum absolute atomic E-state index is 5.74. The molecule has 1 aliphatic heterocycles. The minimum absolute atomic E-state index is 0. The van der Waals surface area contributed by atoms with E-state index in [2.05, 4.69) is 36.2 Å². The maximum atomic E-state index is 5.74. The van der Waals surface area contributed by atoms with Crippen LogP contribution < -0.4 is 15.4 Å². The van der Waals surface area contributed by atoms with E-state index in [9.17, 15) is 0 Å². The molecule has 1 aromatic carbocycles. The normalized spacial score (nSPS) is 15.2. The molecule has 4 rings (SSSR count). The molecule has 0 atom stereocenters. The Bertz CT molecular complexity index is 771. The molecule has 0 aliphatic carbocycles. The average Bonchev–Trinajstić information content (AvgIpc) is 3.22. The van der Waals surface area contributed by atoms with E-state index in [1.807, 2.05) is 18.2 Å². The van der Waals surface area contributed by atoms with E-state index in [1.165, 1.54) is 0 Å². The van der Waals surface area contributed by atoms with Crippen molar-refractivity contribution in [2.24, 2.45) is 0 Å². The van der Waals surface area contributed by atoms with E-state index in [-0.39, 0.29) is 19.0 Å². The number of rotatable bonds is 5. The van der Waals surface area contributed by atoms with Gasteiger partial charge in [-0.25, -0.2) is 0 Å². The van der Waals surface area contributed by atoms with Gasteiger partial charge in [0, 0.05) is 12.1 Å². The topological polar surface area (TPSA) is 114 Å². The Morgan fingerprint density at radius 2 is 2.17 bits per heavy atom. The highest BCUT2D eigenvalue weighted by Gasteiger charge is 2.15. The summed E-state index contributed by atoms with van der Waals surface area (Å²) in [6.07, 6.45) is 2.13. The zero-order chi connectivity index (χ0) is 15.5. The molecule has 0 amide bonds. The number of H-pyrrole nitrogens is 1. The molecular weight excluding hydrogens is 334 g/mol. The van der Waals surface area contributed by atoms with Gasteiger partial charge in [0.2, 0.25) is 5.82 Å². The minimum Gasteiger partial charge on any atom is -0.485 e. The summed E-state index contributed by atoms with van der Waals surface area (Å²) in [6.45, 7) is 2.29. The fraction of sp³-hybridized carbons (Fsp3) is 0.429. The van der Waals surface area contributed by atoms with Crippen LogP contribution in [0.3, 0.4) is 0 Å². The van der Waals surface area contributed by atoms with Crippen molar-refractivity contribution in [1.82, 2.24) is 30.9 Å². The van der Waals surface area contributed by atoms with Gasteiger partial charge in [-0.05, 0) is 38.1 Å². The monoisotopic (exact) mass is 351 g/mol. The van der Waals surface area contributed by atoms with Gasteiger partial charge in [0.25, 0.3) is 6.01 Å². The average molecular weight is 352 g/mol. The molecule has 1 fully saturated rings. The first-order valence-electron chi connectivity index (χ1n) is 7.60. The highest BCUT2D eigenvalue weighted by Crippen LogP contribution is 2.25. The van der Waals surface area contributed by atoms with Gasteiger partial charge in [-0.2, -0.15) is 10.2 Å². The molecule has 0 bridgehead atoms. The molecular formula is C14H18ClN7O2. The van der Waals surface area contributed by atoms with Gasteiger partial charge >= 0.3 is 0 Å². The van der Waals surface area contributed by atoms with Gasteiger partial charge in [-0.1, -0.05) is 5.21 Å². The van der Waals surface area contributed by atoms with Crippen molar-refractivity contribution >= 4 is 29.5 Å². The summed E-state index contributed by atoms with van der Waals surface area (Å²) in [5, 5.41) is 20.2. The van der Waals surface area contributed by atoms with Crippen LogP contribution in [0.5, 0.6) is 5.75 Å². The largest absolute Gasteiger partial charge is 0.485 e. The molecule has 0 saturated carbocycles. The quantitative estimate of drug-likeness (QED) is 0.633. The molecule has 1 aliphatic rings. The Labute approximate surface area is 144 Å². The lowest BCUT2D eigenvalue weighted by Crippen LogP contribution is -2.35. The summed E-state index contributed by atoms with van der Waals surface area (Å²) < 4.78 is 11.4. The van der Waals surface area contributed by atoms with Crippen molar-refractivity contribution in [3.05, 3.63) is 24.0 Å². The Balaban J connectivity index is 0.00000169. The number of fused-ring (bicyclic) bond motifs is 1. The number of benzene rings is 1. The third-order valence-corrected chi connectivity index (χ3v) is 3.78. The van der Waals surface area contributed by atoms with Gasteiger partial charge in [0.1, 0.15) is 11.3 Å². The Morgan fingerprint density at radius 1 is 1.29 bits per heavy atom. The predicted molar refractivity (Wildman–Crippen MR) is 89.3 cm³/mol. The van der Waals surface area contributed by atoms with Crippen LogP contribution in [0.15, 0.2) is 22.6 Å². The molecule has 10 heteroatoms. The molecule has 0 unspecified atom stereocenters. The van der Waals surface area contributed by atoms with Crippen molar-refractivity contribution in [2.45, 2.75) is 25.5 Å². The van der Waals surface area contributed by atoms with Crippen LogP contribution in [0.25, 0.3) is 11.1 Å². The van der Waals surface area contributed by atoms with Gasteiger partial charge in [-0.3, -0.25) is 0 Å². The Kier molecular flexibility index (Phi) is 5.11. The summed E-state index contributed by atoms with van der Waals surface area (Å²) in [6, 6.07) is 6.48. The number of hydrogen-bond acceptors (Lipinski definition) is 8. The molecule has 0 radical (unpaired) electrons. The number of halogens is 1. The van der Waals surface area contributed by atoms with E-state index >= 15 is 0 Å². The van der Waals surface area contributed by atoms with Crippen molar-refractivity contribution in [3.63, 3.8) is 0 Å². The van der Waals surface area contributed by atoms with Gasteiger partial charge in [0.05, 0.1) is 0 Å². The van der Waals surface area contributed by atoms with E-state index in [1.54, 1.807) is 0 Å². The standard InChI is InChI=1S/C14H17N7O2.ClH/c1-2-12-11(7-10(1)22-8-13-18-20-21-19-13)17-14(23-12)16-9-3-5-15-6-4-9;/h1-2,7,9,15H,3-6,8H2,(H,16,17)(H,18,19,20,21);1H. The Morgan fingerprint density at radius 3 is 2.96 bits per heavy atom. The Hall–Kier alpha value is -2.39. The van der Waals surface area contributed by atoms with Crippen molar-refractivity contribution in [3.8, 4) is 5.75 Å². The second kappa shape index (κ2) is 7.45. The van der Waals surface area contributed by atoms with Crippen molar-refractivity contribution in [1.29, 1.82) is 0 Å². The molecule has 128 valence electrons. The molecule has 3 aromatic rings. The molecule has 0 spiro atoms. The lowest BCUT2D eigenvalue weighted by Gasteiger charge is -2.22.